The van der Waals surface area contributed by atoms with Gasteiger partial charge in [0.15, 0.2) is 0 Å². The van der Waals surface area contributed by atoms with Gasteiger partial charge in [0.1, 0.15) is 5.60 Å². The maximum Gasteiger partial charge on any atom is 0.410 e. The Morgan fingerprint density at radius 1 is 1.11 bits per heavy atom. The van der Waals surface area contributed by atoms with Gasteiger partial charge in [-0.1, -0.05) is 0 Å². The first-order valence-electron chi connectivity index (χ1n) is 6.60. The smallest absolute Gasteiger partial charge is 0.410 e. The van der Waals surface area contributed by atoms with Crippen LogP contribution in [0.25, 0.3) is 0 Å². The van der Waals surface area contributed by atoms with Crippen molar-refractivity contribution in [2.24, 2.45) is 11.8 Å². The predicted molar refractivity (Wildman–Crippen MR) is 66.0 cm³/mol. The number of ether oxygens (including phenoxy) is 1. The number of fused-ring (bicyclic) bond motifs is 1. The zero-order valence-electron chi connectivity index (χ0n) is 11.3. The lowest BCUT2D eigenvalue weighted by molar-refractivity contribution is -0.0372. The van der Waals surface area contributed by atoms with Gasteiger partial charge in [-0.15, -0.1) is 0 Å². The minimum atomic E-state index is -0.648. The first-order valence-corrected chi connectivity index (χ1v) is 6.60. The minimum Gasteiger partial charge on any atom is -0.444 e. The van der Waals surface area contributed by atoms with Crippen molar-refractivity contribution in [3.63, 3.8) is 0 Å². The van der Waals surface area contributed by atoms with Crippen molar-refractivity contribution in [2.45, 2.75) is 51.4 Å². The quantitative estimate of drug-likeness (QED) is 0.679. The summed E-state index contributed by atoms with van der Waals surface area (Å²) < 4.78 is 5.34. The molecule has 0 aromatic heterocycles. The largest absolute Gasteiger partial charge is 0.444 e. The first-order chi connectivity index (χ1) is 8.26. The Kier molecular flexibility index (Phi) is 3.56. The molecule has 0 unspecified atom stereocenters. The van der Waals surface area contributed by atoms with Crippen LogP contribution < -0.4 is 0 Å². The van der Waals surface area contributed by atoms with E-state index in [4.69, 9.17) is 4.74 Å². The van der Waals surface area contributed by atoms with Crippen LogP contribution in [-0.4, -0.2) is 52.1 Å². The number of carbonyl (C=O) groups excluding carboxylic acids is 1. The molecule has 1 aliphatic heterocycles. The van der Waals surface area contributed by atoms with Crippen LogP contribution in [0.2, 0.25) is 0 Å². The lowest BCUT2D eigenvalue weighted by Crippen LogP contribution is -2.38. The van der Waals surface area contributed by atoms with Gasteiger partial charge in [-0.05, 0) is 45.4 Å². The molecule has 2 fully saturated rings. The van der Waals surface area contributed by atoms with Gasteiger partial charge in [0.25, 0.3) is 0 Å². The Bertz CT molecular complexity index is 307. The summed E-state index contributed by atoms with van der Waals surface area (Å²) in [4.78, 5) is 13.6. The summed E-state index contributed by atoms with van der Waals surface area (Å²) in [7, 11) is 0. The second-order valence-corrected chi connectivity index (χ2v) is 6.51. The third-order valence-corrected chi connectivity index (χ3v) is 3.76. The fourth-order valence-electron chi connectivity index (χ4n) is 2.88. The average molecular weight is 257 g/mol. The van der Waals surface area contributed by atoms with Crippen LogP contribution in [0, 0.1) is 11.8 Å². The van der Waals surface area contributed by atoms with E-state index in [-0.39, 0.29) is 17.9 Å². The Balaban J connectivity index is 1.94. The standard InChI is InChI=1S/C13H23NO4/c1-13(2,3)18-12(17)14-6-8-4-10(15)11(16)5-9(8)7-14/h8-11,15-16H,4-7H2,1-3H3/t8-,9-,10-,11+/m0/s1. The summed E-state index contributed by atoms with van der Waals surface area (Å²) in [6, 6.07) is 0. The molecule has 104 valence electrons. The Hall–Kier alpha value is -0.810. The third-order valence-electron chi connectivity index (χ3n) is 3.76. The van der Waals surface area contributed by atoms with Crippen LogP contribution in [0.5, 0.6) is 0 Å². The molecule has 1 saturated heterocycles. The molecule has 0 bridgehead atoms. The van der Waals surface area contributed by atoms with Gasteiger partial charge >= 0.3 is 6.09 Å². The Morgan fingerprint density at radius 2 is 1.56 bits per heavy atom. The van der Waals surface area contributed by atoms with Gasteiger partial charge in [-0.25, -0.2) is 4.79 Å². The summed E-state index contributed by atoms with van der Waals surface area (Å²) in [6.45, 7) is 6.80. The van der Waals surface area contributed by atoms with E-state index in [1.165, 1.54) is 0 Å². The van der Waals surface area contributed by atoms with Gasteiger partial charge in [-0.3, -0.25) is 0 Å². The van der Waals surface area contributed by atoms with Crippen LogP contribution in [0.1, 0.15) is 33.6 Å². The number of aliphatic hydroxyl groups is 2. The van der Waals surface area contributed by atoms with Gasteiger partial charge in [0.05, 0.1) is 12.2 Å². The highest BCUT2D eigenvalue weighted by Crippen LogP contribution is 2.36. The number of nitrogens with zero attached hydrogens (tertiary/aromatic N) is 1. The summed E-state index contributed by atoms with van der Waals surface area (Å²) in [5, 5.41) is 19.3. The number of likely N-dealkylation sites (tertiary alicyclic amines) is 1. The third kappa shape index (κ3) is 2.95. The van der Waals surface area contributed by atoms with E-state index in [1.54, 1.807) is 4.90 Å². The summed E-state index contributed by atoms with van der Waals surface area (Å²) >= 11 is 0. The van der Waals surface area contributed by atoms with Crippen molar-refractivity contribution in [3.05, 3.63) is 0 Å². The number of hydrogen-bond donors (Lipinski definition) is 2. The maximum atomic E-state index is 11.9. The van der Waals surface area contributed by atoms with Gasteiger partial charge in [-0.2, -0.15) is 0 Å². The summed E-state index contributed by atoms with van der Waals surface area (Å²) in [5.41, 5.74) is -0.482. The van der Waals surface area contributed by atoms with Crippen LogP contribution in [-0.2, 0) is 4.74 Å². The lowest BCUT2D eigenvalue weighted by atomic mass is 9.79. The van der Waals surface area contributed by atoms with E-state index in [2.05, 4.69) is 0 Å². The molecule has 2 aliphatic rings. The predicted octanol–water partition coefficient (Wildman–Crippen LogP) is 0.985. The molecule has 0 aromatic carbocycles. The minimum absolute atomic E-state index is 0.288. The van der Waals surface area contributed by atoms with E-state index in [0.29, 0.717) is 25.9 Å². The molecule has 5 nitrogen and oxygen atoms in total. The van der Waals surface area contributed by atoms with Gasteiger partial charge in [0, 0.05) is 13.1 Å². The molecule has 0 aromatic rings. The Labute approximate surface area is 108 Å². The second-order valence-electron chi connectivity index (χ2n) is 6.51. The maximum absolute atomic E-state index is 11.9. The average Bonchev–Trinajstić information content (AvgIpc) is 2.59. The van der Waals surface area contributed by atoms with Crippen LogP contribution in [0.3, 0.4) is 0 Å². The van der Waals surface area contributed by atoms with Crippen molar-refractivity contribution in [2.75, 3.05) is 13.1 Å². The van der Waals surface area contributed by atoms with E-state index in [1.807, 2.05) is 20.8 Å². The van der Waals surface area contributed by atoms with Crippen LogP contribution >= 0.6 is 0 Å². The van der Waals surface area contributed by atoms with Crippen LogP contribution in [0.4, 0.5) is 4.79 Å². The highest BCUT2D eigenvalue weighted by atomic mass is 16.6. The highest BCUT2D eigenvalue weighted by molar-refractivity contribution is 5.68. The zero-order chi connectivity index (χ0) is 13.5. The molecule has 0 radical (unpaired) electrons. The fraction of sp³-hybridized carbons (Fsp3) is 0.923. The summed E-state index contributed by atoms with van der Waals surface area (Å²) in [6.07, 6.45) is -0.438. The molecule has 2 rings (SSSR count). The topological polar surface area (TPSA) is 70.0 Å². The summed E-state index contributed by atoms with van der Waals surface area (Å²) in [5.74, 6) is 0.576. The van der Waals surface area contributed by atoms with E-state index < -0.39 is 17.8 Å². The van der Waals surface area contributed by atoms with Crippen molar-refractivity contribution in [1.29, 1.82) is 0 Å². The van der Waals surface area contributed by atoms with E-state index >= 15 is 0 Å². The normalized spacial score (nSPS) is 36.4. The number of amides is 1. The van der Waals surface area contributed by atoms with Crippen molar-refractivity contribution in [1.82, 2.24) is 4.90 Å². The van der Waals surface area contributed by atoms with Gasteiger partial charge in [0.2, 0.25) is 0 Å². The molecule has 18 heavy (non-hydrogen) atoms. The second kappa shape index (κ2) is 4.70. The van der Waals surface area contributed by atoms with Crippen LogP contribution in [0.15, 0.2) is 0 Å². The van der Waals surface area contributed by atoms with E-state index in [9.17, 15) is 15.0 Å². The van der Waals surface area contributed by atoms with Crippen molar-refractivity contribution < 1.29 is 19.7 Å². The van der Waals surface area contributed by atoms with E-state index in [0.717, 1.165) is 0 Å². The van der Waals surface area contributed by atoms with Crippen molar-refractivity contribution >= 4 is 6.09 Å². The molecular weight excluding hydrogens is 234 g/mol. The first kappa shape index (κ1) is 13.6. The monoisotopic (exact) mass is 257 g/mol. The highest BCUT2D eigenvalue weighted by Gasteiger charge is 2.43. The molecule has 1 aliphatic carbocycles. The number of carbonyl (C=O) groups is 1. The number of hydrogen-bond acceptors (Lipinski definition) is 4. The SMILES string of the molecule is CC(C)(C)OC(=O)N1C[C@@H]2C[C@@H](O)[C@@H](O)C[C@H]2C1. The number of rotatable bonds is 0. The van der Waals surface area contributed by atoms with Gasteiger partial charge < -0.3 is 19.8 Å². The molecule has 5 heteroatoms. The number of aliphatic hydroxyl groups excluding tert-OH is 2. The Morgan fingerprint density at radius 3 is 1.94 bits per heavy atom. The van der Waals surface area contributed by atoms with Crippen molar-refractivity contribution in [3.8, 4) is 0 Å². The molecule has 1 amide bonds. The zero-order valence-corrected chi connectivity index (χ0v) is 11.3. The molecule has 1 heterocycles. The lowest BCUT2D eigenvalue weighted by Gasteiger charge is -2.31. The fourth-order valence-corrected chi connectivity index (χ4v) is 2.88. The molecule has 1 saturated carbocycles. The molecular formula is C13H23NO4. The molecule has 0 spiro atoms. The molecule has 2 N–H and O–H groups in total. The molecule has 4 atom stereocenters.